The molecular formula is C17H12N4O4S2. The molecule has 3 heterocycles. The van der Waals surface area contributed by atoms with Gasteiger partial charge >= 0.3 is 11.4 Å². The summed E-state index contributed by atoms with van der Waals surface area (Å²) in [5.74, 6) is 0. The molecule has 0 saturated heterocycles. The Balaban J connectivity index is 2.06. The highest BCUT2D eigenvalue weighted by Crippen LogP contribution is 2.37. The minimum atomic E-state index is -3.34. The largest absolute Gasteiger partial charge is 0.351 e. The molecule has 0 aliphatic carbocycles. The number of nitrogens with one attached hydrogen (secondary N) is 1. The molecule has 136 valence electrons. The Kier molecular flexibility index (Phi) is 4.01. The summed E-state index contributed by atoms with van der Waals surface area (Å²) in [6.45, 7) is 0. The maximum absolute atomic E-state index is 12.4. The van der Waals surface area contributed by atoms with Crippen molar-refractivity contribution < 1.29 is 8.42 Å². The first kappa shape index (κ1) is 17.3. The minimum Gasteiger partial charge on any atom is -0.265 e. The molecular weight excluding hydrogens is 388 g/mol. The normalized spacial score (nSPS) is 11.7. The van der Waals surface area contributed by atoms with Crippen LogP contribution in [-0.2, 0) is 9.84 Å². The number of fused-ring (bicyclic) bond motifs is 1. The van der Waals surface area contributed by atoms with Gasteiger partial charge in [-0.2, -0.15) is 4.98 Å². The monoisotopic (exact) mass is 400 g/mol. The van der Waals surface area contributed by atoms with E-state index >= 15 is 0 Å². The van der Waals surface area contributed by atoms with Gasteiger partial charge in [-0.1, -0.05) is 23.5 Å². The van der Waals surface area contributed by atoms with Crippen LogP contribution in [0, 0.1) is 0 Å². The van der Waals surface area contributed by atoms with E-state index in [9.17, 15) is 18.0 Å². The highest BCUT2D eigenvalue weighted by molar-refractivity contribution is 7.90. The zero-order chi connectivity index (χ0) is 19.2. The van der Waals surface area contributed by atoms with Crippen LogP contribution in [0.15, 0.2) is 63.3 Å². The number of pyridine rings is 1. The SMILES string of the molecule is CS(=O)(=O)c1ccc(-c2c(-c3ccncc3)sc3nc(=O)[nH]c(=O)n23)cc1. The van der Waals surface area contributed by atoms with Gasteiger partial charge in [0.15, 0.2) is 9.84 Å². The summed E-state index contributed by atoms with van der Waals surface area (Å²) in [6.07, 6.45) is 4.37. The number of benzene rings is 1. The van der Waals surface area contributed by atoms with Crippen LogP contribution in [-0.4, -0.2) is 34.0 Å². The smallest absolute Gasteiger partial charge is 0.265 e. The predicted molar refractivity (Wildman–Crippen MR) is 102 cm³/mol. The average molecular weight is 400 g/mol. The Morgan fingerprint density at radius 3 is 2.30 bits per heavy atom. The fourth-order valence-corrected chi connectivity index (χ4v) is 4.49. The van der Waals surface area contributed by atoms with E-state index in [1.165, 1.54) is 27.9 Å². The Hall–Kier alpha value is -3.11. The van der Waals surface area contributed by atoms with E-state index in [4.69, 9.17) is 0 Å². The van der Waals surface area contributed by atoms with Crippen LogP contribution in [0.5, 0.6) is 0 Å². The second-order valence-corrected chi connectivity index (χ2v) is 8.77. The molecule has 0 amide bonds. The van der Waals surface area contributed by atoms with E-state index in [0.29, 0.717) is 16.1 Å². The van der Waals surface area contributed by atoms with Gasteiger partial charge < -0.3 is 0 Å². The fourth-order valence-electron chi connectivity index (χ4n) is 2.73. The quantitative estimate of drug-likeness (QED) is 0.558. The first-order chi connectivity index (χ1) is 12.8. The number of hydrogen-bond acceptors (Lipinski definition) is 7. The van der Waals surface area contributed by atoms with Crippen LogP contribution in [0.25, 0.3) is 26.7 Å². The van der Waals surface area contributed by atoms with Crippen molar-refractivity contribution in [1.29, 1.82) is 0 Å². The molecule has 0 aliphatic heterocycles. The third-order valence-electron chi connectivity index (χ3n) is 3.94. The molecule has 0 bridgehead atoms. The highest BCUT2D eigenvalue weighted by atomic mass is 32.2. The standard InChI is InChI=1S/C17H12N4O4S2/c1-27(24,25)12-4-2-10(3-5-12)13-14(11-6-8-18-9-7-11)26-17-20-15(22)19-16(23)21(13)17/h2-9H,1H3,(H,19,22,23). The van der Waals surface area contributed by atoms with Crippen LogP contribution in [0.1, 0.15) is 0 Å². The van der Waals surface area contributed by atoms with Gasteiger partial charge in [0.2, 0.25) is 4.96 Å². The van der Waals surface area contributed by atoms with E-state index in [0.717, 1.165) is 11.8 Å². The number of aromatic nitrogens is 4. The molecule has 27 heavy (non-hydrogen) atoms. The van der Waals surface area contributed by atoms with Crippen molar-refractivity contribution in [2.24, 2.45) is 0 Å². The van der Waals surface area contributed by atoms with Gasteiger partial charge in [0.05, 0.1) is 15.5 Å². The van der Waals surface area contributed by atoms with Crippen LogP contribution in [0.4, 0.5) is 0 Å². The van der Waals surface area contributed by atoms with E-state index in [-0.39, 0.29) is 9.86 Å². The average Bonchev–Trinajstić information content (AvgIpc) is 3.01. The summed E-state index contributed by atoms with van der Waals surface area (Å²) >= 11 is 1.20. The van der Waals surface area contributed by atoms with Crippen molar-refractivity contribution in [2.45, 2.75) is 4.90 Å². The second-order valence-electron chi connectivity index (χ2n) is 5.78. The van der Waals surface area contributed by atoms with Gasteiger partial charge in [0.1, 0.15) is 0 Å². The number of H-pyrrole nitrogens is 1. The molecule has 1 aromatic carbocycles. The zero-order valence-corrected chi connectivity index (χ0v) is 15.5. The highest BCUT2D eigenvalue weighted by Gasteiger charge is 2.19. The van der Waals surface area contributed by atoms with Gasteiger partial charge in [-0.05, 0) is 29.8 Å². The Bertz CT molecular complexity index is 1370. The molecule has 4 rings (SSSR count). The molecule has 1 N–H and O–H groups in total. The fraction of sp³-hybridized carbons (Fsp3) is 0.0588. The van der Waals surface area contributed by atoms with E-state index < -0.39 is 21.2 Å². The number of hydrogen-bond donors (Lipinski definition) is 1. The number of nitrogens with zero attached hydrogens (tertiary/aromatic N) is 3. The molecule has 0 atom stereocenters. The first-order valence-electron chi connectivity index (χ1n) is 7.71. The van der Waals surface area contributed by atoms with Crippen molar-refractivity contribution >= 4 is 26.1 Å². The summed E-state index contributed by atoms with van der Waals surface area (Å²) < 4.78 is 24.7. The van der Waals surface area contributed by atoms with Gasteiger partial charge in [-0.15, -0.1) is 0 Å². The topological polar surface area (TPSA) is 114 Å². The van der Waals surface area contributed by atoms with Crippen LogP contribution >= 0.6 is 11.3 Å². The predicted octanol–water partition coefficient (Wildman–Crippen LogP) is 1.58. The molecule has 4 aromatic rings. The molecule has 0 fully saturated rings. The lowest BCUT2D eigenvalue weighted by Gasteiger charge is -2.06. The Morgan fingerprint density at radius 1 is 1.00 bits per heavy atom. The zero-order valence-electron chi connectivity index (χ0n) is 13.9. The van der Waals surface area contributed by atoms with Crippen molar-refractivity contribution in [1.82, 2.24) is 19.4 Å². The molecule has 0 aliphatic rings. The lowest BCUT2D eigenvalue weighted by atomic mass is 10.1. The maximum atomic E-state index is 12.4. The molecule has 0 saturated carbocycles. The van der Waals surface area contributed by atoms with Crippen LogP contribution < -0.4 is 11.4 Å². The number of sulfone groups is 1. The molecule has 10 heteroatoms. The summed E-state index contributed by atoms with van der Waals surface area (Å²) in [6, 6.07) is 9.78. The van der Waals surface area contributed by atoms with Gasteiger partial charge in [0, 0.05) is 24.2 Å². The van der Waals surface area contributed by atoms with Crippen LogP contribution in [0.3, 0.4) is 0 Å². The molecule has 3 aromatic heterocycles. The van der Waals surface area contributed by atoms with E-state index in [2.05, 4.69) is 15.0 Å². The summed E-state index contributed by atoms with van der Waals surface area (Å²) in [7, 11) is -3.34. The molecule has 0 spiro atoms. The number of aromatic amines is 1. The van der Waals surface area contributed by atoms with Gasteiger partial charge in [-0.25, -0.2) is 22.4 Å². The van der Waals surface area contributed by atoms with Crippen molar-refractivity contribution in [3.8, 4) is 21.7 Å². The molecule has 0 unspecified atom stereocenters. The van der Waals surface area contributed by atoms with Gasteiger partial charge in [-0.3, -0.25) is 9.97 Å². The first-order valence-corrected chi connectivity index (χ1v) is 10.4. The summed E-state index contributed by atoms with van der Waals surface area (Å²) in [4.78, 5) is 35.2. The summed E-state index contributed by atoms with van der Waals surface area (Å²) in [5.41, 5.74) is 0.617. The molecule has 0 radical (unpaired) electrons. The lowest BCUT2D eigenvalue weighted by molar-refractivity contribution is 0.602. The Labute approximate surface area is 156 Å². The molecule has 8 nitrogen and oxygen atoms in total. The van der Waals surface area contributed by atoms with Crippen molar-refractivity contribution in [2.75, 3.05) is 6.26 Å². The third kappa shape index (κ3) is 3.09. The third-order valence-corrected chi connectivity index (χ3v) is 6.15. The number of rotatable bonds is 3. The van der Waals surface area contributed by atoms with Gasteiger partial charge in [0.25, 0.3) is 0 Å². The van der Waals surface area contributed by atoms with Crippen LogP contribution in [0.2, 0.25) is 0 Å². The maximum Gasteiger partial charge on any atom is 0.351 e. The Morgan fingerprint density at radius 2 is 1.67 bits per heavy atom. The lowest BCUT2D eigenvalue weighted by Crippen LogP contribution is -2.27. The van der Waals surface area contributed by atoms with E-state index in [1.807, 2.05) is 0 Å². The summed E-state index contributed by atoms with van der Waals surface area (Å²) in [5, 5.41) is 0. The minimum absolute atomic E-state index is 0.176. The number of thiazole rings is 1. The van der Waals surface area contributed by atoms with Crippen molar-refractivity contribution in [3.05, 3.63) is 69.8 Å². The van der Waals surface area contributed by atoms with Crippen molar-refractivity contribution in [3.63, 3.8) is 0 Å². The second kappa shape index (κ2) is 6.25. The van der Waals surface area contributed by atoms with E-state index in [1.54, 1.807) is 36.7 Å².